The summed E-state index contributed by atoms with van der Waals surface area (Å²) in [5, 5.41) is 2.28. The third-order valence-electron chi connectivity index (χ3n) is 2.66. The van der Waals surface area contributed by atoms with Crippen LogP contribution in [0.2, 0.25) is 0 Å². The van der Waals surface area contributed by atoms with Crippen LogP contribution in [-0.4, -0.2) is 35.9 Å². The first-order valence-electron chi connectivity index (χ1n) is 6.35. The predicted octanol–water partition coefficient (Wildman–Crippen LogP) is 0.377. The molecule has 0 saturated carbocycles. The van der Waals surface area contributed by atoms with Gasteiger partial charge in [0, 0.05) is 0 Å². The van der Waals surface area contributed by atoms with Crippen LogP contribution in [0.15, 0.2) is 24.3 Å². The molecule has 7 nitrogen and oxygen atoms in total. The minimum absolute atomic E-state index is 0.202. The number of hydrogen-bond donors (Lipinski definition) is 4. The lowest BCUT2D eigenvalue weighted by molar-refractivity contribution is -0.123. The van der Waals surface area contributed by atoms with Crippen molar-refractivity contribution in [1.82, 2.24) is 16.2 Å². The number of thioether (sulfide) groups is 1. The fourth-order valence-corrected chi connectivity index (χ4v) is 2.07. The van der Waals surface area contributed by atoms with Gasteiger partial charge in [-0.3, -0.25) is 20.4 Å². The van der Waals surface area contributed by atoms with Crippen LogP contribution < -0.4 is 21.9 Å². The van der Waals surface area contributed by atoms with Crippen molar-refractivity contribution >= 4 is 29.6 Å². The van der Waals surface area contributed by atoms with Crippen LogP contribution in [-0.2, 0) is 4.79 Å². The maximum absolute atomic E-state index is 13.4. The molecule has 22 heavy (non-hydrogen) atoms. The molecule has 0 radical (unpaired) electrons. The van der Waals surface area contributed by atoms with Crippen LogP contribution in [0.4, 0.5) is 9.18 Å². The molecular weight excluding hydrogens is 311 g/mol. The summed E-state index contributed by atoms with van der Waals surface area (Å²) in [6, 6.07) is 3.62. The molecule has 0 aliphatic rings. The molecule has 1 rings (SSSR count). The van der Waals surface area contributed by atoms with Crippen molar-refractivity contribution < 1.29 is 18.8 Å². The normalized spacial score (nSPS) is 11.4. The van der Waals surface area contributed by atoms with Gasteiger partial charge in [0.05, 0.1) is 5.56 Å². The molecule has 0 aromatic heterocycles. The standard InChI is InChI=1S/C13H17FN4O3S/c1-22-7-6-10(16-13(15)21)12(20)18-17-11(19)8-4-2-3-5-9(8)14/h2-5,10H,6-7H2,1H3,(H,17,19)(H,18,20)(H3,15,16,21)/t10-/m1/s1. The van der Waals surface area contributed by atoms with Crippen LogP contribution in [0.5, 0.6) is 0 Å². The minimum atomic E-state index is -0.883. The van der Waals surface area contributed by atoms with Gasteiger partial charge in [0.25, 0.3) is 11.8 Å². The average molecular weight is 328 g/mol. The molecule has 0 bridgehead atoms. The topological polar surface area (TPSA) is 113 Å². The SMILES string of the molecule is CSCC[C@@H](NC(N)=O)C(=O)NNC(=O)c1ccccc1F. The third kappa shape index (κ3) is 5.60. The number of hydrogen-bond acceptors (Lipinski definition) is 4. The summed E-state index contributed by atoms with van der Waals surface area (Å²) >= 11 is 1.49. The van der Waals surface area contributed by atoms with Gasteiger partial charge in [-0.25, -0.2) is 9.18 Å². The van der Waals surface area contributed by atoms with Crippen LogP contribution in [0.25, 0.3) is 0 Å². The second-order valence-corrected chi connectivity index (χ2v) is 5.25. The van der Waals surface area contributed by atoms with Gasteiger partial charge < -0.3 is 11.1 Å². The first-order valence-corrected chi connectivity index (χ1v) is 7.74. The van der Waals surface area contributed by atoms with Gasteiger partial charge in [-0.2, -0.15) is 11.8 Å². The molecule has 0 fully saturated rings. The van der Waals surface area contributed by atoms with Crippen LogP contribution in [0.1, 0.15) is 16.8 Å². The Hall–Kier alpha value is -2.29. The van der Waals surface area contributed by atoms with Gasteiger partial charge in [0.15, 0.2) is 0 Å². The van der Waals surface area contributed by atoms with E-state index in [0.717, 1.165) is 6.07 Å². The summed E-state index contributed by atoms with van der Waals surface area (Å²) in [6.45, 7) is 0. The lowest BCUT2D eigenvalue weighted by Crippen LogP contribution is -2.53. The van der Waals surface area contributed by atoms with Crippen molar-refractivity contribution in [3.8, 4) is 0 Å². The fraction of sp³-hybridized carbons (Fsp3) is 0.308. The Labute approximate surface area is 131 Å². The molecule has 0 aliphatic carbocycles. The number of amides is 4. The number of carbonyl (C=O) groups excluding carboxylic acids is 3. The highest BCUT2D eigenvalue weighted by Gasteiger charge is 2.20. The lowest BCUT2D eigenvalue weighted by atomic mass is 10.2. The van der Waals surface area contributed by atoms with E-state index >= 15 is 0 Å². The zero-order valence-electron chi connectivity index (χ0n) is 11.9. The van der Waals surface area contributed by atoms with Crippen molar-refractivity contribution in [2.45, 2.75) is 12.5 Å². The van der Waals surface area contributed by atoms with Crippen molar-refractivity contribution in [2.75, 3.05) is 12.0 Å². The number of nitrogens with one attached hydrogen (secondary N) is 3. The van der Waals surface area contributed by atoms with E-state index in [1.807, 2.05) is 6.26 Å². The molecular formula is C13H17FN4O3S. The number of carbonyl (C=O) groups is 3. The molecule has 0 spiro atoms. The Morgan fingerprint density at radius 1 is 1.27 bits per heavy atom. The zero-order valence-corrected chi connectivity index (χ0v) is 12.7. The summed E-state index contributed by atoms with van der Waals surface area (Å²) in [7, 11) is 0. The Morgan fingerprint density at radius 2 is 1.95 bits per heavy atom. The van der Waals surface area contributed by atoms with Gasteiger partial charge in [0.2, 0.25) is 0 Å². The van der Waals surface area contributed by atoms with Crippen LogP contribution in [0.3, 0.4) is 0 Å². The molecule has 5 N–H and O–H groups in total. The second-order valence-electron chi connectivity index (χ2n) is 4.27. The lowest BCUT2D eigenvalue weighted by Gasteiger charge is -2.17. The van der Waals surface area contributed by atoms with E-state index in [4.69, 9.17) is 5.73 Å². The van der Waals surface area contributed by atoms with E-state index in [1.54, 1.807) is 0 Å². The molecule has 1 aromatic carbocycles. The molecule has 0 unspecified atom stereocenters. The fourth-order valence-electron chi connectivity index (χ4n) is 1.59. The smallest absolute Gasteiger partial charge is 0.312 e. The summed E-state index contributed by atoms with van der Waals surface area (Å²) in [5.74, 6) is -1.53. The highest BCUT2D eigenvalue weighted by molar-refractivity contribution is 7.98. The van der Waals surface area contributed by atoms with Crippen molar-refractivity contribution in [3.63, 3.8) is 0 Å². The number of primary amides is 1. The van der Waals surface area contributed by atoms with E-state index in [-0.39, 0.29) is 5.56 Å². The third-order valence-corrected chi connectivity index (χ3v) is 3.31. The Balaban J connectivity index is 2.60. The zero-order chi connectivity index (χ0) is 16.5. The van der Waals surface area contributed by atoms with Crippen LogP contribution >= 0.6 is 11.8 Å². The summed E-state index contributed by atoms with van der Waals surface area (Å²) in [5.41, 5.74) is 9.02. The first kappa shape index (κ1) is 17.8. The van der Waals surface area contributed by atoms with Crippen molar-refractivity contribution in [2.24, 2.45) is 5.73 Å². The number of halogens is 1. The van der Waals surface area contributed by atoms with Gasteiger partial charge >= 0.3 is 6.03 Å². The highest BCUT2D eigenvalue weighted by atomic mass is 32.2. The first-order chi connectivity index (χ1) is 10.5. The average Bonchev–Trinajstić information content (AvgIpc) is 2.48. The monoisotopic (exact) mass is 328 g/mol. The summed E-state index contributed by atoms with van der Waals surface area (Å²) < 4.78 is 13.4. The van der Waals surface area contributed by atoms with Crippen LogP contribution in [0, 0.1) is 5.82 Å². The maximum atomic E-state index is 13.4. The highest BCUT2D eigenvalue weighted by Crippen LogP contribution is 2.05. The summed E-state index contributed by atoms with van der Waals surface area (Å²) in [4.78, 5) is 34.5. The predicted molar refractivity (Wildman–Crippen MR) is 81.5 cm³/mol. The molecule has 1 atom stereocenters. The van der Waals surface area contributed by atoms with Gasteiger partial charge in [0.1, 0.15) is 11.9 Å². The minimum Gasteiger partial charge on any atom is -0.352 e. The maximum Gasteiger partial charge on any atom is 0.312 e. The summed E-state index contributed by atoms with van der Waals surface area (Å²) in [6.07, 6.45) is 2.19. The van der Waals surface area contributed by atoms with E-state index < -0.39 is 29.7 Å². The van der Waals surface area contributed by atoms with E-state index in [1.165, 1.54) is 30.0 Å². The number of benzene rings is 1. The van der Waals surface area contributed by atoms with E-state index in [9.17, 15) is 18.8 Å². The molecule has 1 aromatic rings. The molecule has 0 heterocycles. The number of urea groups is 1. The molecule has 4 amide bonds. The van der Waals surface area contributed by atoms with E-state index in [2.05, 4.69) is 16.2 Å². The number of nitrogens with two attached hydrogens (primary N) is 1. The van der Waals surface area contributed by atoms with Gasteiger partial charge in [-0.1, -0.05) is 12.1 Å². The van der Waals surface area contributed by atoms with Gasteiger partial charge in [-0.15, -0.1) is 0 Å². The van der Waals surface area contributed by atoms with Crippen molar-refractivity contribution in [1.29, 1.82) is 0 Å². The molecule has 0 aliphatic heterocycles. The largest absolute Gasteiger partial charge is 0.352 e. The molecule has 9 heteroatoms. The van der Waals surface area contributed by atoms with Crippen molar-refractivity contribution in [3.05, 3.63) is 35.6 Å². The second kappa shape index (κ2) is 8.88. The Bertz CT molecular complexity index is 556. The Morgan fingerprint density at radius 3 is 2.55 bits per heavy atom. The molecule has 0 saturated heterocycles. The van der Waals surface area contributed by atoms with E-state index in [0.29, 0.717) is 12.2 Å². The number of hydrazine groups is 1. The number of rotatable bonds is 6. The quantitative estimate of drug-likeness (QED) is 0.565. The molecule has 120 valence electrons. The van der Waals surface area contributed by atoms with Gasteiger partial charge in [-0.05, 0) is 30.6 Å². The Kier molecular flexibility index (Phi) is 7.17.